The lowest BCUT2D eigenvalue weighted by Gasteiger charge is -2.46. The van der Waals surface area contributed by atoms with Crippen LogP contribution in [-0.2, 0) is 5.60 Å². The topological polar surface area (TPSA) is 69.8 Å². The van der Waals surface area contributed by atoms with E-state index in [4.69, 9.17) is 5.73 Å². The normalized spacial score (nSPS) is 27.5. The first kappa shape index (κ1) is 25.3. The molecule has 2 saturated heterocycles. The highest BCUT2D eigenvalue weighted by Gasteiger charge is 2.45. The third-order valence-electron chi connectivity index (χ3n) is 9.56. The van der Waals surface area contributed by atoms with Crippen molar-refractivity contribution in [3.05, 3.63) is 71.8 Å². The minimum absolute atomic E-state index is 0.0545. The van der Waals surface area contributed by atoms with Gasteiger partial charge in [-0.3, -0.25) is 4.90 Å². The third-order valence-corrected chi connectivity index (χ3v) is 9.56. The molecule has 5 rings (SSSR count). The maximum atomic E-state index is 12.9. The van der Waals surface area contributed by atoms with E-state index in [1.165, 1.54) is 45.1 Å². The molecule has 0 aromatic heterocycles. The standard InChI is InChI=1S/C31H43N3O2/c1-23(31(36,25-9-4-2-5-10-25)26-11-6-3-7-12-26)34(30(32)35)29-17-15-24(16-18-29)21-22-33-27-13-8-14-28(33)20-19-27/h2-7,9-12,23-24,27-29,36H,8,13-22H2,1H3,(H2,32,35)/t23-,24-,27-,28+,29-/m1/s1. The number of carbonyl (C=O) groups excluding carboxylic acids is 1. The van der Waals surface area contributed by atoms with Gasteiger partial charge in [0.1, 0.15) is 5.60 Å². The maximum absolute atomic E-state index is 12.9. The third kappa shape index (κ3) is 4.92. The molecule has 3 aliphatic rings. The largest absolute Gasteiger partial charge is 0.378 e. The molecule has 2 bridgehead atoms. The smallest absolute Gasteiger partial charge is 0.315 e. The number of fused-ring (bicyclic) bond motifs is 2. The number of aliphatic hydroxyl groups is 1. The number of piperidine rings is 1. The summed E-state index contributed by atoms with van der Waals surface area (Å²) in [5.41, 5.74) is 6.23. The first-order valence-electron chi connectivity index (χ1n) is 14.2. The van der Waals surface area contributed by atoms with Crippen LogP contribution < -0.4 is 5.73 Å². The molecule has 3 N–H and O–H groups in total. The summed E-state index contributed by atoms with van der Waals surface area (Å²) >= 11 is 0. The summed E-state index contributed by atoms with van der Waals surface area (Å²) < 4.78 is 0. The molecule has 36 heavy (non-hydrogen) atoms. The van der Waals surface area contributed by atoms with Crippen LogP contribution in [0.25, 0.3) is 0 Å². The second-order valence-corrected chi connectivity index (χ2v) is 11.4. The van der Waals surface area contributed by atoms with Gasteiger partial charge in [-0.2, -0.15) is 0 Å². The number of hydrogen-bond acceptors (Lipinski definition) is 3. The van der Waals surface area contributed by atoms with E-state index in [1.54, 1.807) is 4.90 Å². The minimum Gasteiger partial charge on any atom is -0.378 e. The van der Waals surface area contributed by atoms with Crippen LogP contribution in [0.1, 0.15) is 82.3 Å². The lowest BCUT2D eigenvalue weighted by molar-refractivity contribution is -0.0175. The predicted molar refractivity (Wildman–Crippen MR) is 144 cm³/mol. The first-order valence-corrected chi connectivity index (χ1v) is 14.2. The van der Waals surface area contributed by atoms with E-state index in [0.717, 1.165) is 54.8 Å². The van der Waals surface area contributed by atoms with Crippen LogP contribution in [0.15, 0.2) is 60.7 Å². The van der Waals surface area contributed by atoms with Crippen molar-refractivity contribution in [2.45, 2.75) is 101 Å². The summed E-state index contributed by atoms with van der Waals surface area (Å²) in [5.74, 6) is 0.717. The lowest BCUT2D eigenvalue weighted by atomic mass is 9.78. The van der Waals surface area contributed by atoms with Crippen LogP contribution in [0.4, 0.5) is 4.79 Å². The Morgan fingerprint density at radius 2 is 1.44 bits per heavy atom. The number of nitrogens with zero attached hydrogens (tertiary/aromatic N) is 2. The average molecular weight is 490 g/mol. The highest BCUT2D eigenvalue weighted by molar-refractivity contribution is 5.73. The van der Waals surface area contributed by atoms with Crippen molar-refractivity contribution in [3.63, 3.8) is 0 Å². The molecule has 1 aliphatic carbocycles. The number of amides is 2. The van der Waals surface area contributed by atoms with Crippen LogP contribution in [0, 0.1) is 5.92 Å². The molecular weight excluding hydrogens is 446 g/mol. The van der Waals surface area contributed by atoms with E-state index in [2.05, 4.69) is 4.90 Å². The van der Waals surface area contributed by atoms with Crippen molar-refractivity contribution in [1.29, 1.82) is 0 Å². The number of rotatable bonds is 8. The second kappa shape index (κ2) is 10.9. The monoisotopic (exact) mass is 489 g/mol. The van der Waals surface area contributed by atoms with Gasteiger partial charge >= 0.3 is 6.03 Å². The zero-order chi connectivity index (χ0) is 25.1. The Hall–Kier alpha value is -2.37. The summed E-state index contributed by atoms with van der Waals surface area (Å²) in [6, 6.07) is 20.2. The molecule has 1 saturated carbocycles. The molecule has 5 heteroatoms. The fourth-order valence-corrected chi connectivity index (χ4v) is 7.55. The summed E-state index contributed by atoms with van der Waals surface area (Å²) in [7, 11) is 0. The van der Waals surface area contributed by atoms with Gasteiger partial charge < -0.3 is 15.7 Å². The second-order valence-electron chi connectivity index (χ2n) is 11.4. The molecule has 3 atom stereocenters. The van der Waals surface area contributed by atoms with Gasteiger partial charge in [-0.25, -0.2) is 4.79 Å². The molecule has 194 valence electrons. The molecule has 2 aromatic rings. The summed E-state index contributed by atoms with van der Waals surface area (Å²) in [4.78, 5) is 17.5. The van der Waals surface area contributed by atoms with Crippen molar-refractivity contribution >= 4 is 6.03 Å². The van der Waals surface area contributed by atoms with Crippen LogP contribution in [0.2, 0.25) is 0 Å². The quantitative estimate of drug-likeness (QED) is 0.503. The van der Waals surface area contributed by atoms with Crippen LogP contribution in [0.3, 0.4) is 0 Å². The number of nitrogens with two attached hydrogens (primary N) is 1. The number of hydrogen-bond donors (Lipinski definition) is 2. The molecule has 0 spiro atoms. The Morgan fingerprint density at radius 3 is 1.94 bits per heavy atom. The van der Waals surface area contributed by atoms with E-state index < -0.39 is 17.7 Å². The molecule has 0 unspecified atom stereocenters. The lowest BCUT2D eigenvalue weighted by Crippen LogP contribution is -2.58. The number of benzene rings is 2. The van der Waals surface area contributed by atoms with Gasteiger partial charge in [0.15, 0.2) is 0 Å². The van der Waals surface area contributed by atoms with Crippen molar-refractivity contribution in [2.24, 2.45) is 11.7 Å². The molecule has 0 radical (unpaired) electrons. The Balaban J connectivity index is 1.28. The highest BCUT2D eigenvalue weighted by Crippen LogP contribution is 2.40. The van der Waals surface area contributed by atoms with E-state index in [9.17, 15) is 9.90 Å². The predicted octanol–water partition coefficient (Wildman–Crippen LogP) is 5.66. The van der Waals surface area contributed by atoms with Gasteiger partial charge in [0.2, 0.25) is 0 Å². The summed E-state index contributed by atoms with van der Waals surface area (Å²) in [6.45, 7) is 3.19. The van der Waals surface area contributed by atoms with Gasteiger partial charge in [0.05, 0.1) is 6.04 Å². The van der Waals surface area contributed by atoms with E-state index in [-0.39, 0.29) is 6.04 Å². The van der Waals surface area contributed by atoms with E-state index in [1.807, 2.05) is 67.6 Å². The van der Waals surface area contributed by atoms with Crippen molar-refractivity contribution in [2.75, 3.05) is 6.54 Å². The fraction of sp³-hybridized carbons (Fsp3) is 0.581. The molecular formula is C31H43N3O2. The van der Waals surface area contributed by atoms with Crippen molar-refractivity contribution < 1.29 is 9.90 Å². The van der Waals surface area contributed by atoms with Crippen LogP contribution in [-0.4, -0.2) is 51.6 Å². The van der Waals surface area contributed by atoms with E-state index in [0.29, 0.717) is 0 Å². The van der Waals surface area contributed by atoms with E-state index >= 15 is 0 Å². The Labute approximate surface area is 216 Å². The van der Waals surface area contributed by atoms with Crippen molar-refractivity contribution in [3.8, 4) is 0 Å². The van der Waals surface area contributed by atoms with Crippen LogP contribution in [0.5, 0.6) is 0 Å². The fourth-order valence-electron chi connectivity index (χ4n) is 7.55. The molecule has 5 nitrogen and oxygen atoms in total. The highest BCUT2D eigenvalue weighted by atomic mass is 16.3. The Kier molecular flexibility index (Phi) is 7.68. The SMILES string of the molecule is C[C@@H](N(C(N)=O)[C@H]1CC[C@H](CCN2[C@@H]3CCC[C@H]2CC3)CC1)C(O)(c1ccccc1)c1ccccc1. The molecule has 2 aliphatic heterocycles. The Morgan fingerprint density at radius 1 is 0.917 bits per heavy atom. The van der Waals surface area contributed by atoms with Crippen molar-refractivity contribution in [1.82, 2.24) is 9.80 Å². The summed E-state index contributed by atoms with van der Waals surface area (Å²) in [5, 5.41) is 12.3. The van der Waals surface area contributed by atoms with Gasteiger partial charge in [-0.1, -0.05) is 67.1 Å². The van der Waals surface area contributed by atoms with Gasteiger partial charge in [0.25, 0.3) is 0 Å². The minimum atomic E-state index is -1.35. The Bertz CT molecular complexity index is 934. The number of carbonyl (C=O) groups is 1. The van der Waals surface area contributed by atoms with Crippen LogP contribution >= 0.6 is 0 Å². The zero-order valence-corrected chi connectivity index (χ0v) is 21.8. The number of primary amides is 1. The number of urea groups is 1. The van der Waals surface area contributed by atoms with Gasteiger partial charge in [-0.15, -0.1) is 0 Å². The van der Waals surface area contributed by atoms with Gasteiger partial charge in [0, 0.05) is 18.1 Å². The summed E-state index contributed by atoms with van der Waals surface area (Å²) in [6.07, 6.45) is 12.4. The average Bonchev–Trinajstić information content (AvgIpc) is 3.13. The first-order chi connectivity index (χ1) is 17.5. The molecule has 2 aromatic carbocycles. The molecule has 3 fully saturated rings. The van der Waals surface area contributed by atoms with Gasteiger partial charge in [-0.05, 0) is 88.3 Å². The zero-order valence-electron chi connectivity index (χ0n) is 21.8. The molecule has 2 heterocycles. The maximum Gasteiger partial charge on any atom is 0.315 e. The molecule has 2 amide bonds.